The summed E-state index contributed by atoms with van der Waals surface area (Å²) in [5, 5.41) is 4.66. The fraction of sp³-hybridized carbons (Fsp3) is 0.320. The summed E-state index contributed by atoms with van der Waals surface area (Å²) in [5.74, 6) is 1.26. The monoisotopic (exact) mass is 511 g/mol. The largest absolute Gasteiger partial charge is 0.480 e. The highest BCUT2D eigenvalue weighted by Crippen LogP contribution is 2.54. The molecule has 192 valence electrons. The van der Waals surface area contributed by atoms with Gasteiger partial charge in [-0.15, -0.1) is 0 Å². The number of ether oxygens (including phenoxy) is 2. The van der Waals surface area contributed by atoms with Gasteiger partial charge < -0.3 is 14.0 Å². The summed E-state index contributed by atoms with van der Waals surface area (Å²) >= 11 is 0. The van der Waals surface area contributed by atoms with Crippen molar-refractivity contribution in [1.82, 2.24) is 29.2 Å². The van der Waals surface area contributed by atoms with Crippen molar-refractivity contribution in [3.05, 3.63) is 66.6 Å². The Morgan fingerprint density at radius 1 is 1.19 bits per heavy atom. The molecule has 0 unspecified atom stereocenters. The summed E-state index contributed by atoms with van der Waals surface area (Å²) in [4.78, 5) is 17.0. The molecule has 9 nitrogen and oxygen atoms in total. The van der Waals surface area contributed by atoms with Crippen molar-refractivity contribution in [3.63, 3.8) is 0 Å². The normalized spacial score (nSPS) is 17.7. The predicted octanol–water partition coefficient (Wildman–Crippen LogP) is 4.69. The lowest BCUT2D eigenvalue weighted by molar-refractivity contribution is -0.139. The minimum absolute atomic E-state index is 0.130. The number of methoxy groups -OCH3 is 2. The molecule has 1 aliphatic carbocycles. The molecule has 5 rings (SSSR count). The first kappa shape index (κ1) is 24.5. The second-order valence-corrected chi connectivity index (χ2v) is 8.77. The van der Waals surface area contributed by atoms with E-state index < -0.39 is 12.7 Å². The van der Waals surface area contributed by atoms with Gasteiger partial charge in [-0.05, 0) is 48.4 Å². The summed E-state index contributed by atoms with van der Waals surface area (Å²) in [6, 6.07) is 5.60. The van der Waals surface area contributed by atoms with Gasteiger partial charge in [0.05, 0.1) is 42.9 Å². The minimum Gasteiger partial charge on any atom is -0.480 e. The number of halogens is 3. The number of nitrogens with zero attached hydrogens (tertiary/aromatic N) is 7. The van der Waals surface area contributed by atoms with Crippen LogP contribution < -0.4 is 9.47 Å². The van der Waals surface area contributed by atoms with Crippen LogP contribution in [0.2, 0.25) is 0 Å². The Morgan fingerprint density at radius 2 is 2.00 bits per heavy atom. The fourth-order valence-electron chi connectivity index (χ4n) is 4.42. The van der Waals surface area contributed by atoms with Gasteiger partial charge in [-0.3, -0.25) is 0 Å². The Kier molecular flexibility index (Phi) is 6.18. The molecule has 3 heterocycles. The van der Waals surface area contributed by atoms with E-state index in [1.807, 2.05) is 19.1 Å². The number of fused-ring (bicyclic) bond motifs is 1. The van der Waals surface area contributed by atoms with Gasteiger partial charge in [0.1, 0.15) is 6.54 Å². The molecule has 12 heteroatoms. The maximum absolute atomic E-state index is 12.8. The first-order valence-electron chi connectivity index (χ1n) is 11.4. The summed E-state index contributed by atoms with van der Waals surface area (Å²) in [5.41, 5.74) is 4.04. The number of aromatic nitrogens is 6. The van der Waals surface area contributed by atoms with Crippen LogP contribution in [0.1, 0.15) is 36.2 Å². The van der Waals surface area contributed by atoms with E-state index in [0.717, 1.165) is 22.1 Å². The zero-order valence-corrected chi connectivity index (χ0v) is 20.4. The van der Waals surface area contributed by atoms with Crippen LogP contribution in [0.4, 0.5) is 13.2 Å². The van der Waals surface area contributed by atoms with E-state index >= 15 is 0 Å². The fourth-order valence-corrected chi connectivity index (χ4v) is 4.42. The molecule has 0 N–H and O–H groups in total. The van der Waals surface area contributed by atoms with Gasteiger partial charge in [0.2, 0.25) is 5.88 Å². The van der Waals surface area contributed by atoms with Gasteiger partial charge in [-0.2, -0.15) is 23.3 Å². The van der Waals surface area contributed by atoms with Crippen molar-refractivity contribution < 1.29 is 22.6 Å². The number of hydrogen-bond donors (Lipinski definition) is 0. The lowest BCUT2D eigenvalue weighted by Crippen LogP contribution is -2.16. The van der Waals surface area contributed by atoms with E-state index in [-0.39, 0.29) is 17.8 Å². The quantitative estimate of drug-likeness (QED) is 0.319. The minimum atomic E-state index is -4.31. The van der Waals surface area contributed by atoms with Crippen LogP contribution in [0.5, 0.6) is 11.9 Å². The first-order chi connectivity index (χ1) is 17.7. The molecular weight excluding hydrogens is 487 g/mol. The molecular formula is C25H24F3N7O2. The SMILES string of the molecule is C=C(c1nccn1/N=C(\C)c1cnc(OC)nc1OC)[C@H]1C[C@@H]1c1ccc2c(c1)ncn2CC(F)(F)F. The summed E-state index contributed by atoms with van der Waals surface area (Å²) in [6.45, 7) is 5.02. The summed E-state index contributed by atoms with van der Waals surface area (Å²) in [7, 11) is 2.98. The van der Waals surface area contributed by atoms with Crippen molar-refractivity contribution in [2.45, 2.75) is 32.0 Å². The van der Waals surface area contributed by atoms with Crippen molar-refractivity contribution in [2.24, 2.45) is 11.0 Å². The third-order valence-electron chi connectivity index (χ3n) is 6.32. The highest BCUT2D eigenvalue weighted by molar-refractivity contribution is 6.00. The average molecular weight is 512 g/mol. The molecule has 4 aromatic rings. The zero-order chi connectivity index (χ0) is 26.3. The van der Waals surface area contributed by atoms with Crippen LogP contribution in [0.25, 0.3) is 16.6 Å². The molecule has 2 atom stereocenters. The summed E-state index contributed by atoms with van der Waals surface area (Å²) in [6.07, 6.45) is 2.74. The van der Waals surface area contributed by atoms with Crippen LogP contribution in [0, 0.1) is 5.92 Å². The van der Waals surface area contributed by atoms with Crippen molar-refractivity contribution >= 4 is 22.3 Å². The molecule has 0 saturated heterocycles. The second kappa shape index (κ2) is 9.34. The van der Waals surface area contributed by atoms with Crippen LogP contribution in [0.3, 0.4) is 0 Å². The van der Waals surface area contributed by atoms with E-state index in [0.29, 0.717) is 34.0 Å². The molecule has 0 spiro atoms. The third kappa shape index (κ3) is 4.91. The lowest BCUT2D eigenvalue weighted by Gasteiger charge is -2.10. The van der Waals surface area contributed by atoms with E-state index in [4.69, 9.17) is 9.47 Å². The van der Waals surface area contributed by atoms with Crippen LogP contribution in [-0.4, -0.2) is 55.3 Å². The number of allylic oxidation sites excluding steroid dienone is 1. The Morgan fingerprint density at radius 3 is 2.73 bits per heavy atom. The van der Waals surface area contributed by atoms with Crippen molar-refractivity contribution in [1.29, 1.82) is 0 Å². The Labute approximate surface area is 210 Å². The Bertz CT molecular complexity index is 1510. The Balaban J connectivity index is 1.34. The van der Waals surface area contributed by atoms with Crippen LogP contribution in [-0.2, 0) is 6.54 Å². The van der Waals surface area contributed by atoms with Crippen LogP contribution in [0.15, 0.2) is 54.8 Å². The van der Waals surface area contributed by atoms with Gasteiger partial charge in [-0.25, -0.2) is 19.6 Å². The molecule has 1 aromatic carbocycles. The summed E-state index contributed by atoms with van der Waals surface area (Å²) < 4.78 is 51.6. The number of hydrogen-bond acceptors (Lipinski definition) is 7. The molecule has 0 aliphatic heterocycles. The highest BCUT2D eigenvalue weighted by Gasteiger charge is 2.42. The number of imidazole rings is 2. The van der Waals surface area contributed by atoms with Gasteiger partial charge >= 0.3 is 12.2 Å². The average Bonchev–Trinajstić information content (AvgIpc) is 3.39. The maximum atomic E-state index is 12.8. The smallest absolute Gasteiger partial charge is 0.406 e. The van der Waals surface area contributed by atoms with E-state index in [1.54, 1.807) is 29.3 Å². The predicted molar refractivity (Wildman–Crippen MR) is 131 cm³/mol. The Hall–Kier alpha value is -4.22. The standard InChI is InChI=1S/C25H24F3N7O2/c1-14(17-10-18(17)16-5-6-21-20(9-16)31-13-34(21)12-25(26,27)28)22-29-7-8-35(22)33-15(2)19-11-30-24(37-4)32-23(19)36-3/h5-9,11,13,17-18H,1,10,12H2,2-4H3/b33-15+/t17-,18-/m1/s1. The zero-order valence-electron chi connectivity index (χ0n) is 20.4. The lowest BCUT2D eigenvalue weighted by atomic mass is 10.0. The van der Waals surface area contributed by atoms with Gasteiger partial charge in [0.15, 0.2) is 5.82 Å². The topological polar surface area (TPSA) is 92.2 Å². The molecule has 0 bridgehead atoms. The molecule has 0 amide bonds. The molecule has 0 radical (unpaired) electrons. The number of alkyl halides is 3. The van der Waals surface area contributed by atoms with Crippen LogP contribution >= 0.6 is 0 Å². The van der Waals surface area contributed by atoms with E-state index in [2.05, 4.69) is 31.6 Å². The van der Waals surface area contributed by atoms with Gasteiger partial charge in [0, 0.05) is 18.6 Å². The third-order valence-corrected chi connectivity index (χ3v) is 6.32. The van der Waals surface area contributed by atoms with Crippen molar-refractivity contribution in [2.75, 3.05) is 14.2 Å². The molecule has 1 aliphatic rings. The van der Waals surface area contributed by atoms with Gasteiger partial charge in [0.25, 0.3) is 0 Å². The number of benzene rings is 1. The molecule has 37 heavy (non-hydrogen) atoms. The van der Waals surface area contributed by atoms with E-state index in [1.165, 1.54) is 20.5 Å². The molecule has 1 fully saturated rings. The van der Waals surface area contributed by atoms with E-state index in [9.17, 15) is 13.2 Å². The van der Waals surface area contributed by atoms with Crippen molar-refractivity contribution in [3.8, 4) is 11.9 Å². The maximum Gasteiger partial charge on any atom is 0.406 e. The highest BCUT2D eigenvalue weighted by atomic mass is 19.4. The first-order valence-corrected chi connectivity index (χ1v) is 11.4. The number of rotatable bonds is 8. The van der Waals surface area contributed by atoms with Gasteiger partial charge in [-0.1, -0.05) is 12.6 Å². The molecule has 3 aromatic heterocycles. The second-order valence-electron chi connectivity index (χ2n) is 8.77. The molecule has 1 saturated carbocycles.